The van der Waals surface area contributed by atoms with E-state index in [1.165, 1.54) is 0 Å². The Balaban J connectivity index is 2.08. The Morgan fingerprint density at radius 1 is 1.05 bits per heavy atom. The van der Waals surface area contributed by atoms with Gasteiger partial charge in [0, 0.05) is 5.02 Å². The van der Waals surface area contributed by atoms with Gasteiger partial charge in [0.2, 0.25) is 6.29 Å². The van der Waals surface area contributed by atoms with E-state index < -0.39 is 37.3 Å². The number of halogens is 1. The van der Waals surface area contributed by atoms with Crippen LogP contribution >= 0.6 is 11.6 Å². The van der Waals surface area contributed by atoms with Crippen LogP contribution in [-0.2, 0) is 4.74 Å². The van der Waals surface area contributed by atoms with Crippen LogP contribution in [0.4, 0.5) is 0 Å². The Morgan fingerprint density at radius 2 is 1.68 bits per heavy atom. The summed E-state index contributed by atoms with van der Waals surface area (Å²) in [5.74, 6) is 0.383. The first-order valence-corrected chi connectivity index (χ1v) is 6.13. The van der Waals surface area contributed by atoms with E-state index in [-0.39, 0.29) is 0 Å². The van der Waals surface area contributed by atoms with Crippen molar-refractivity contribution in [2.75, 3.05) is 6.61 Å². The van der Waals surface area contributed by atoms with Gasteiger partial charge in [0.1, 0.15) is 30.2 Å². The summed E-state index contributed by atoms with van der Waals surface area (Å²) in [6, 6.07) is 6.34. The maximum absolute atomic E-state index is 9.77. The van der Waals surface area contributed by atoms with Gasteiger partial charge in [-0.2, -0.15) is 0 Å². The molecule has 1 aliphatic heterocycles. The Bertz CT molecular complexity index is 409. The zero-order valence-electron chi connectivity index (χ0n) is 9.89. The summed E-state index contributed by atoms with van der Waals surface area (Å²) in [7, 11) is 0. The molecule has 0 spiro atoms. The lowest BCUT2D eigenvalue weighted by Crippen LogP contribution is -2.60. The second-order valence-corrected chi connectivity index (χ2v) is 4.71. The molecule has 0 saturated carbocycles. The number of hydrogen-bond acceptors (Lipinski definition) is 6. The Kier molecular flexibility index (Phi) is 4.62. The minimum absolute atomic E-state index is 0.383. The highest BCUT2D eigenvalue weighted by Crippen LogP contribution is 2.24. The average Bonchev–Trinajstić information content (AvgIpc) is 2.42. The van der Waals surface area contributed by atoms with Gasteiger partial charge in [-0.25, -0.2) is 0 Å². The lowest BCUT2D eigenvalue weighted by atomic mass is 9.99. The number of aliphatic hydroxyl groups is 4. The van der Waals surface area contributed by atoms with Gasteiger partial charge in [-0.3, -0.25) is 0 Å². The molecular formula is C12H15ClO6. The van der Waals surface area contributed by atoms with E-state index in [9.17, 15) is 15.3 Å². The quantitative estimate of drug-likeness (QED) is 0.600. The minimum Gasteiger partial charge on any atom is -0.462 e. The number of benzene rings is 1. The Morgan fingerprint density at radius 3 is 2.26 bits per heavy atom. The fourth-order valence-electron chi connectivity index (χ4n) is 1.81. The normalized spacial score (nSPS) is 35.1. The van der Waals surface area contributed by atoms with Crippen LogP contribution in [0.15, 0.2) is 24.3 Å². The maximum Gasteiger partial charge on any atom is 0.229 e. The van der Waals surface area contributed by atoms with Crippen LogP contribution in [0, 0.1) is 0 Å². The summed E-state index contributed by atoms with van der Waals surface area (Å²) in [5, 5.41) is 38.5. The molecule has 1 heterocycles. The van der Waals surface area contributed by atoms with E-state index in [1.54, 1.807) is 24.3 Å². The van der Waals surface area contributed by atoms with Crippen molar-refractivity contribution >= 4 is 11.6 Å². The minimum atomic E-state index is -1.46. The van der Waals surface area contributed by atoms with Gasteiger partial charge in [-0.15, -0.1) is 0 Å². The largest absolute Gasteiger partial charge is 0.462 e. The van der Waals surface area contributed by atoms with Crippen molar-refractivity contribution < 1.29 is 29.9 Å². The van der Waals surface area contributed by atoms with Crippen molar-refractivity contribution in [2.45, 2.75) is 30.7 Å². The highest BCUT2D eigenvalue weighted by Gasteiger charge is 2.44. The predicted molar refractivity (Wildman–Crippen MR) is 65.8 cm³/mol. The summed E-state index contributed by atoms with van der Waals surface area (Å²) >= 11 is 5.73. The first kappa shape index (κ1) is 14.5. The summed E-state index contributed by atoms with van der Waals surface area (Å²) in [4.78, 5) is 0. The molecule has 1 aromatic rings. The molecule has 6 nitrogen and oxygen atoms in total. The fourth-order valence-corrected chi connectivity index (χ4v) is 1.94. The fraction of sp³-hybridized carbons (Fsp3) is 0.500. The highest BCUT2D eigenvalue weighted by atomic mass is 35.5. The van der Waals surface area contributed by atoms with Crippen LogP contribution in [-0.4, -0.2) is 57.7 Å². The molecule has 7 heteroatoms. The average molecular weight is 291 g/mol. The van der Waals surface area contributed by atoms with Crippen LogP contribution in [0.3, 0.4) is 0 Å². The monoisotopic (exact) mass is 290 g/mol. The summed E-state index contributed by atoms with van der Waals surface area (Å²) in [5.41, 5.74) is 0. The highest BCUT2D eigenvalue weighted by molar-refractivity contribution is 6.30. The van der Waals surface area contributed by atoms with Crippen molar-refractivity contribution in [3.8, 4) is 5.75 Å². The molecule has 0 amide bonds. The van der Waals surface area contributed by atoms with Gasteiger partial charge in [0.15, 0.2) is 0 Å². The number of rotatable bonds is 3. The molecule has 1 saturated heterocycles. The van der Waals surface area contributed by atoms with Crippen molar-refractivity contribution in [1.82, 2.24) is 0 Å². The van der Waals surface area contributed by atoms with Gasteiger partial charge in [-0.1, -0.05) is 11.6 Å². The summed E-state index contributed by atoms with van der Waals surface area (Å²) in [6.45, 7) is -0.495. The molecule has 0 bridgehead atoms. The third-order valence-electron chi connectivity index (χ3n) is 2.91. The lowest BCUT2D eigenvalue weighted by Gasteiger charge is -2.39. The van der Waals surface area contributed by atoms with Gasteiger partial charge < -0.3 is 29.9 Å². The van der Waals surface area contributed by atoms with Gasteiger partial charge in [0.25, 0.3) is 0 Å². The van der Waals surface area contributed by atoms with Crippen LogP contribution < -0.4 is 4.74 Å². The summed E-state index contributed by atoms with van der Waals surface area (Å²) in [6.07, 6.45) is -6.45. The lowest BCUT2D eigenvalue weighted by molar-refractivity contribution is -0.277. The third-order valence-corrected chi connectivity index (χ3v) is 3.17. The van der Waals surface area contributed by atoms with E-state index >= 15 is 0 Å². The smallest absolute Gasteiger partial charge is 0.229 e. The zero-order valence-corrected chi connectivity index (χ0v) is 10.6. The van der Waals surface area contributed by atoms with E-state index in [1.807, 2.05) is 0 Å². The van der Waals surface area contributed by atoms with E-state index in [0.717, 1.165) is 0 Å². The van der Waals surface area contributed by atoms with Crippen molar-refractivity contribution in [1.29, 1.82) is 0 Å². The van der Waals surface area contributed by atoms with Gasteiger partial charge in [0.05, 0.1) is 6.61 Å². The summed E-state index contributed by atoms with van der Waals surface area (Å²) < 4.78 is 10.6. The molecule has 19 heavy (non-hydrogen) atoms. The number of aliphatic hydroxyl groups excluding tert-OH is 4. The van der Waals surface area contributed by atoms with E-state index in [2.05, 4.69) is 0 Å². The second-order valence-electron chi connectivity index (χ2n) is 4.27. The van der Waals surface area contributed by atoms with Crippen LogP contribution in [0.2, 0.25) is 5.02 Å². The van der Waals surface area contributed by atoms with Gasteiger partial charge in [-0.05, 0) is 24.3 Å². The van der Waals surface area contributed by atoms with Crippen molar-refractivity contribution in [3.63, 3.8) is 0 Å². The Hall–Kier alpha value is -0.890. The zero-order chi connectivity index (χ0) is 14.0. The molecule has 106 valence electrons. The van der Waals surface area contributed by atoms with Crippen molar-refractivity contribution in [3.05, 3.63) is 29.3 Å². The molecule has 1 fully saturated rings. The topological polar surface area (TPSA) is 99.4 Å². The predicted octanol–water partition coefficient (Wildman–Crippen LogP) is -0.481. The molecule has 0 aromatic heterocycles. The standard InChI is InChI=1S/C12H15ClO6/c13-6-1-3-7(4-2-6)18-12-11(17)10(16)9(15)8(5-14)19-12/h1-4,8-12,14-17H,5H2/t8-,9-,10+,11+,12-/m1/s1. The van der Waals surface area contributed by atoms with Crippen LogP contribution in [0.1, 0.15) is 0 Å². The molecule has 1 aliphatic rings. The van der Waals surface area contributed by atoms with Crippen LogP contribution in [0.25, 0.3) is 0 Å². The van der Waals surface area contributed by atoms with E-state index in [0.29, 0.717) is 10.8 Å². The molecule has 2 rings (SSSR count). The Labute approximate surface area is 114 Å². The second kappa shape index (κ2) is 6.04. The molecule has 0 radical (unpaired) electrons. The molecule has 0 unspecified atom stereocenters. The molecule has 5 atom stereocenters. The van der Waals surface area contributed by atoms with Gasteiger partial charge >= 0.3 is 0 Å². The SMILES string of the molecule is OC[C@H]1O[C@@H](Oc2ccc(Cl)cc2)[C@@H](O)[C@@H](O)[C@@H]1O. The first-order valence-electron chi connectivity index (χ1n) is 5.75. The maximum atomic E-state index is 9.77. The number of ether oxygens (including phenoxy) is 2. The van der Waals surface area contributed by atoms with E-state index in [4.69, 9.17) is 26.2 Å². The molecule has 4 N–H and O–H groups in total. The first-order chi connectivity index (χ1) is 9.02. The van der Waals surface area contributed by atoms with Crippen LogP contribution in [0.5, 0.6) is 5.75 Å². The third kappa shape index (κ3) is 3.17. The number of hydrogen-bond donors (Lipinski definition) is 4. The van der Waals surface area contributed by atoms with Crippen molar-refractivity contribution in [2.24, 2.45) is 0 Å². The molecule has 1 aromatic carbocycles. The molecular weight excluding hydrogens is 276 g/mol. The molecule has 0 aliphatic carbocycles.